The molecule has 1 aromatic rings. The molecular formula is C13H12N2O2S. The first kappa shape index (κ1) is 12.6. The van der Waals surface area contributed by atoms with E-state index in [9.17, 15) is 10.1 Å². The summed E-state index contributed by atoms with van der Waals surface area (Å²) in [6.07, 6.45) is 3.81. The molecule has 0 saturated carbocycles. The van der Waals surface area contributed by atoms with E-state index in [0.29, 0.717) is 11.3 Å². The molecule has 0 bridgehead atoms. The van der Waals surface area contributed by atoms with Crippen LogP contribution >= 0.6 is 12.2 Å². The van der Waals surface area contributed by atoms with Crippen LogP contribution < -0.4 is 0 Å². The van der Waals surface area contributed by atoms with E-state index in [1.807, 2.05) is 30.3 Å². The Hall–Kier alpha value is -1.88. The average Bonchev–Trinajstić information content (AvgIpc) is 2.38. The summed E-state index contributed by atoms with van der Waals surface area (Å²) in [5.41, 5.74) is 1.86. The zero-order valence-electron chi connectivity index (χ0n) is 9.65. The van der Waals surface area contributed by atoms with Gasteiger partial charge in [-0.1, -0.05) is 42.5 Å². The Morgan fingerprint density at radius 1 is 1.33 bits per heavy atom. The number of rotatable bonds is 4. The molecule has 18 heavy (non-hydrogen) atoms. The van der Waals surface area contributed by atoms with Gasteiger partial charge >= 0.3 is 0 Å². The lowest BCUT2D eigenvalue weighted by molar-refractivity contribution is -0.479. The third kappa shape index (κ3) is 2.87. The molecule has 0 spiro atoms. The van der Waals surface area contributed by atoms with Crippen LogP contribution in [0.5, 0.6) is 0 Å². The Kier molecular flexibility index (Phi) is 3.94. The van der Waals surface area contributed by atoms with E-state index in [2.05, 4.69) is 4.99 Å². The summed E-state index contributed by atoms with van der Waals surface area (Å²) in [6.45, 7) is -0.0959. The van der Waals surface area contributed by atoms with Crippen LogP contribution in [0.15, 0.2) is 47.0 Å². The predicted octanol–water partition coefficient (Wildman–Crippen LogP) is 2.78. The van der Waals surface area contributed by atoms with Gasteiger partial charge in [0, 0.05) is 22.4 Å². The number of benzene rings is 1. The number of aliphatic imine (C=N–C) groups is 1. The Labute approximate surface area is 110 Å². The number of hydrogen-bond acceptors (Lipinski definition) is 4. The van der Waals surface area contributed by atoms with E-state index < -0.39 is 0 Å². The zero-order valence-corrected chi connectivity index (χ0v) is 10.5. The third-order valence-corrected chi connectivity index (χ3v) is 3.24. The maximum atomic E-state index is 10.4. The first-order valence-corrected chi connectivity index (χ1v) is 6.02. The summed E-state index contributed by atoms with van der Waals surface area (Å²) < 4.78 is 0. The second-order valence-corrected chi connectivity index (χ2v) is 4.41. The Morgan fingerprint density at radius 3 is 2.72 bits per heavy atom. The maximum Gasteiger partial charge on any atom is 0.207 e. The molecule has 1 aliphatic rings. The Morgan fingerprint density at radius 2 is 2.06 bits per heavy atom. The van der Waals surface area contributed by atoms with Gasteiger partial charge in [-0.15, -0.1) is 0 Å². The number of thiocarbonyl (C=S) groups is 1. The molecule has 0 aromatic heterocycles. The molecule has 0 saturated heterocycles. The van der Waals surface area contributed by atoms with Crippen LogP contribution in [0.4, 0.5) is 0 Å². The van der Waals surface area contributed by atoms with Gasteiger partial charge in [0.25, 0.3) is 0 Å². The van der Waals surface area contributed by atoms with Gasteiger partial charge in [0.05, 0.1) is 0 Å². The molecule has 1 unspecified atom stereocenters. The summed E-state index contributed by atoms with van der Waals surface area (Å²) in [5.74, 6) is 0. The fourth-order valence-electron chi connectivity index (χ4n) is 1.84. The van der Waals surface area contributed by atoms with Crippen molar-refractivity contribution in [1.82, 2.24) is 0 Å². The van der Waals surface area contributed by atoms with Gasteiger partial charge < -0.3 is 0 Å². The standard InChI is InChI=1S/C13H12N2O2S/c16-15(17)9-7-11-6-8-14-12(13(11)18)10-4-2-1-3-5-10/h1-6,8,12H,7,9H2. The minimum atomic E-state index is -0.327. The SMILES string of the molecule is O=[N+]([O-])CCC1=CC=NC(c2ccccc2)C1=S. The number of allylic oxidation sites excluding steroid dienone is 1. The van der Waals surface area contributed by atoms with Gasteiger partial charge in [0.1, 0.15) is 6.04 Å². The molecule has 1 atom stereocenters. The fourth-order valence-corrected chi connectivity index (χ4v) is 2.20. The smallest absolute Gasteiger partial charge is 0.207 e. The molecule has 1 aromatic carbocycles. The van der Waals surface area contributed by atoms with Crippen LogP contribution in [-0.4, -0.2) is 22.5 Å². The lowest BCUT2D eigenvalue weighted by atomic mass is 9.95. The third-order valence-electron chi connectivity index (χ3n) is 2.75. The maximum absolute atomic E-state index is 10.4. The monoisotopic (exact) mass is 260 g/mol. The second kappa shape index (κ2) is 5.64. The van der Waals surface area contributed by atoms with Crippen molar-refractivity contribution in [1.29, 1.82) is 0 Å². The summed E-state index contributed by atoms with van der Waals surface area (Å²) in [6, 6.07) is 9.54. The normalized spacial score (nSPS) is 18.6. The highest BCUT2D eigenvalue weighted by Crippen LogP contribution is 2.26. The molecule has 2 rings (SSSR count). The van der Waals surface area contributed by atoms with E-state index in [1.165, 1.54) is 0 Å². The van der Waals surface area contributed by atoms with Crippen LogP contribution in [0, 0.1) is 10.1 Å². The topological polar surface area (TPSA) is 55.5 Å². The highest BCUT2D eigenvalue weighted by Gasteiger charge is 2.21. The van der Waals surface area contributed by atoms with Crippen molar-refractivity contribution in [2.45, 2.75) is 12.5 Å². The molecule has 0 amide bonds. The van der Waals surface area contributed by atoms with Gasteiger partial charge in [-0.05, 0) is 17.2 Å². The summed E-state index contributed by atoms with van der Waals surface area (Å²) in [5, 5.41) is 10.4. The van der Waals surface area contributed by atoms with Crippen LogP contribution in [-0.2, 0) is 0 Å². The van der Waals surface area contributed by atoms with E-state index >= 15 is 0 Å². The zero-order chi connectivity index (χ0) is 13.0. The van der Waals surface area contributed by atoms with Crippen molar-refractivity contribution in [3.8, 4) is 0 Å². The summed E-state index contributed by atoms with van der Waals surface area (Å²) in [7, 11) is 0. The minimum absolute atomic E-state index is 0.0959. The molecule has 5 heteroatoms. The largest absolute Gasteiger partial charge is 0.279 e. The molecule has 92 valence electrons. The molecule has 0 radical (unpaired) electrons. The Balaban J connectivity index is 2.14. The van der Waals surface area contributed by atoms with E-state index in [4.69, 9.17) is 12.2 Å². The molecule has 1 heterocycles. The lowest BCUT2D eigenvalue weighted by Gasteiger charge is -2.19. The lowest BCUT2D eigenvalue weighted by Crippen LogP contribution is -2.17. The van der Waals surface area contributed by atoms with Crippen molar-refractivity contribution >= 4 is 23.3 Å². The highest BCUT2D eigenvalue weighted by atomic mass is 32.1. The molecule has 0 aliphatic carbocycles. The van der Waals surface area contributed by atoms with Gasteiger partial charge in [-0.3, -0.25) is 15.1 Å². The molecule has 1 aliphatic heterocycles. The molecule has 0 fully saturated rings. The number of dihydropyridines is 1. The molecule has 4 nitrogen and oxygen atoms in total. The number of nitrogens with zero attached hydrogens (tertiary/aromatic N) is 2. The second-order valence-electron chi connectivity index (χ2n) is 3.97. The average molecular weight is 260 g/mol. The van der Waals surface area contributed by atoms with E-state index in [-0.39, 0.29) is 17.5 Å². The van der Waals surface area contributed by atoms with Crippen LogP contribution in [0.3, 0.4) is 0 Å². The fraction of sp³-hybridized carbons (Fsp3) is 0.231. The van der Waals surface area contributed by atoms with Gasteiger partial charge in [0.15, 0.2) is 0 Å². The molecule has 0 N–H and O–H groups in total. The Bertz CT molecular complexity index is 523. The summed E-state index contributed by atoms with van der Waals surface area (Å²) >= 11 is 5.38. The van der Waals surface area contributed by atoms with E-state index in [1.54, 1.807) is 12.3 Å². The minimum Gasteiger partial charge on any atom is -0.279 e. The van der Waals surface area contributed by atoms with Crippen molar-refractivity contribution in [3.63, 3.8) is 0 Å². The van der Waals surface area contributed by atoms with Crippen molar-refractivity contribution in [3.05, 3.63) is 57.7 Å². The number of hydrogen-bond donors (Lipinski definition) is 0. The van der Waals surface area contributed by atoms with Crippen molar-refractivity contribution in [2.75, 3.05) is 6.54 Å². The summed E-state index contributed by atoms with van der Waals surface area (Å²) in [4.78, 5) is 15.1. The van der Waals surface area contributed by atoms with Crippen molar-refractivity contribution < 1.29 is 4.92 Å². The van der Waals surface area contributed by atoms with Crippen LogP contribution in [0.25, 0.3) is 0 Å². The van der Waals surface area contributed by atoms with E-state index in [0.717, 1.165) is 11.1 Å². The van der Waals surface area contributed by atoms with Gasteiger partial charge in [0.2, 0.25) is 6.54 Å². The number of nitro groups is 1. The predicted molar refractivity (Wildman–Crippen MR) is 74.8 cm³/mol. The van der Waals surface area contributed by atoms with Crippen LogP contribution in [0.1, 0.15) is 18.0 Å². The van der Waals surface area contributed by atoms with Crippen LogP contribution in [0.2, 0.25) is 0 Å². The highest BCUT2D eigenvalue weighted by molar-refractivity contribution is 7.81. The first-order chi connectivity index (χ1) is 8.68. The molecular weight excluding hydrogens is 248 g/mol. The van der Waals surface area contributed by atoms with Gasteiger partial charge in [-0.25, -0.2) is 0 Å². The quantitative estimate of drug-likeness (QED) is 0.475. The van der Waals surface area contributed by atoms with Gasteiger partial charge in [-0.2, -0.15) is 0 Å². The first-order valence-electron chi connectivity index (χ1n) is 5.62. The van der Waals surface area contributed by atoms with Crippen molar-refractivity contribution in [2.24, 2.45) is 4.99 Å².